The van der Waals surface area contributed by atoms with E-state index in [1.807, 2.05) is 18.2 Å². The Morgan fingerprint density at radius 1 is 1.05 bits per heavy atom. The van der Waals surface area contributed by atoms with Crippen molar-refractivity contribution in [3.8, 4) is 17.0 Å². The third-order valence-corrected chi connectivity index (χ3v) is 7.10. The second-order valence-electron chi connectivity index (χ2n) is 9.83. The predicted octanol–water partition coefficient (Wildman–Crippen LogP) is 6.12. The molecule has 0 unspecified atom stereocenters. The lowest BCUT2D eigenvalue weighted by molar-refractivity contribution is -0.384. The summed E-state index contributed by atoms with van der Waals surface area (Å²) >= 11 is 0. The molecule has 2 heterocycles. The number of rotatable bonds is 7. The molecule has 0 bridgehead atoms. The molecule has 39 heavy (non-hydrogen) atoms. The number of halogens is 1. The Hall–Kier alpha value is -4.28. The third kappa shape index (κ3) is 6.78. The van der Waals surface area contributed by atoms with Crippen molar-refractivity contribution in [3.05, 3.63) is 70.7 Å². The van der Waals surface area contributed by atoms with Crippen LogP contribution in [0.4, 0.5) is 26.5 Å². The van der Waals surface area contributed by atoms with Crippen LogP contribution in [0.2, 0.25) is 0 Å². The minimum Gasteiger partial charge on any atom is -0.431 e. The molecule has 0 amide bonds. The Balaban J connectivity index is 1.14. The maximum absolute atomic E-state index is 14.7. The van der Waals surface area contributed by atoms with Crippen molar-refractivity contribution in [3.63, 3.8) is 0 Å². The van der Waals surface area contributed by atoms with Crippen LogP contribution in [0.5, 0.6) is 5.75 Å². The molecule has 1 aromatic heterocycles. The first-order valence-electron chi connectivity index (χ1n) is 13.2. The van der Waals surface area contributed by atoms with E-state index in [0.717, 1.165) is 31.6 Å². The summed E-state index contributed by atoms with van der Waals surface area (Å²) in [5, 5.41) is 14.0. The number of ether oxygens (including phenoxy) is 2. The Morgan fingerprint density at radius 3 is 2.51 bits per heavy atom. The van der Waals surface area contributed by atoms with Gasteiger partial charge < -0.3 is 19.7 Å². The molecule has 1 aliphatic heterocycles. The Bertz CT molecular complexity index is 1310. The summed E-state index contributed by atoms with van der Waals surface area (Å²) in [5.41, 5.74) is 1.96. The number of piperidine rings is 1. The molecule has 2 fully saturated rings. The number of hydrogen-bond donors (Lipinski definition) is 1. The van der Waals surface area contributed by atoms with Crippen molar-refractivity contribution in [1.82, 2.24) is 9.97 Å². The number of non-ortho nitro benzene ring substituents is 1. The molecule has 0 atom stereocenters. The fraction of sp³-hybridized carbons (Fsp3) is 0.393. The summed E-state index contributed by atoms with van der Waals surface area (Å²) in [6.45, 7) is 2.01. The number of nitro benzene ring substituents is 1. The van der Waals surface area contributed by atoms with E-state index in [2.05, 4.69) is 26.3 Å². The molecular weight excluding hydrogens is 505 g/mol. The molecule has 204 valence electrons. The third-order valence-electron chi connectivity index (χ3n) is 7.10. The molecule has 1 saturated heterocycles. The Labute approximate surface area is 225 Å². The van der Waals surface area contributed by atoms with Gasteiger partial charge in [0.05, 0.1) is 11.1 Å². The van der Waals surface area contributed by atoms with Crippen molar-refractivity contribution in [1.29, 1.82) is 0 Å². The second-order valence-corrected chi connectivity index (χ2v) is 9.83. The first kappa shape index (κ1) is 26.3. The molecule has 3 aromatic rings. The molecule has 1 N–H and O–H groups in total. The Kier molecular flexibility index (Phi) is 8.14. The van der Waals surface area contributed by atoms with Gasteiger partial charge in [-0.25, -0.2) is 19.2 Å². The summed E-state index contributed by atoms with van der Waals surface area (Å²) in [4.78, 5) is 33.3. The van der Waals surface area contributed by atoms with Crippen molar-refractivity contribution in [2.45, 2.75) is 57.1 Å². The maximum atomic E-state index is 14.7. The molecule has 1 saturated carbocycles. The SMILES string of the molecule is O=C(Oc1ccc([N+](=O)[O-])cc1)OC1CCC(Nc2ncc(F)c(-c3cccc(N4CCCCC4)c3)n2)CC1. The second kappa shape index (κ2) is 12.1. The number of anilines is 2. The summed E-state index contributed by atoms with van der Waals surface area (Å²) in [6.07, 6.45) is 6.23. The van der Waals surface area contributed by atoms with E-state index in [4.69, 9.17) is 9.47 Å². The number of carbonyl (C=O) groups excluding carboxylic acids is 1. The van der Waals surface area contributed by atoms with Crippen LogP contribution >= 0.6 is 0 Å². The monoisotopic (exact) mass is 535 g/mol. The predicted molar refractivity (Wildman–Crippen MR) is 143 cm³/mol. The van der Waals surface area contributed by atoms with Gasteiger partial charge in [-0.2, -0.15) is 0 Å². The van der Waals surface area contributed by atoms with E-state index < -0.39 is 16.9 Å². The van der Waals surface area contributed by atoms with Gasteiger partial charge in [0.2, 0.25) is 5.95 Å². The zero-order chi connectivity index (χ0) is 27.2. The molecular formula is C28H30FN5O5. The largest absolute Gasteiger partial charge is 0.514 e. The van der Waals surface area contributed by atoms with Crippen LogP contribution in [0, 0.1) is 15.9 Å². The molecule has 0 radical (unpaired) electrons. The lowest BCUT2D eigenvalue weighted by Crippen LogP contribution is -2.32. The zero-order valence-electron chi connectivity index (χ0n) is 21.4. The standard InChI is InChI=1S/C28H30FN5O5/c29-25-18-30-27(32-26(25)19-5-4-6-22(17-19)33-15-2-1-3-16-33)31-20-7-11-23(12-8-20)38-28(35)39-24-13-9-21(10-14-24)34(36)37/h4-6,9-10,13-14,17-18,20,23H,1-3,7-8,11-12,15-16H2,(H,30,31,32). The maximum Gasteiger partial charge on any atom is 0.514 e. The van der Waals surface area contributed by atoms with Crippen LogP contribution in [-0.2, 0) is 4.74 Å². The van der Waals surface area contributed by atoms with E-state index in [0.29, 0.717) is 37.2 Å². The van der Waals surface area contributed by atoms with Crippen molar-refractivity contribution in [2.75, 3.05) is 23.3 Å². The lowest BCUT2D eigenvalue weighted by Gasteiger charge is -2.29. The van der Waals surface area contributed by atoms with Gasteiger partial charge in [-0.3, -0.25) is 10.1 Å². The minimum absolute atomic E-state index is 0.0496. The van der Waals surface area contributed by atoms with Crippen LogP contribution < -0.4 is 15.0 Å². The van der Waals surface area contributed by atoms with Gasteiger partial charge in [0.1, 0.15) is 17.5 Å². The average molecular weight is 536 g/mol. The normalized spacial score (nSPS) is 19.3. The Morgan fingerprint density at radius 2 is 1.79 bits per heavy atom. The molecule has 2 aromatic carbocycles. The van der Waals surface area contributed by atoms with Gasteiger partial charge in [0, 0.05) is 42.5 Å². The average Bonchev–Trinajstić information content (AvgIpc) is 2.96. The molecule has 5 rings (SSSR count). The van der Waals surface area contributed by atoms with Crippen LogP contribution in [0.1, 0.15) is 44.9 Å². The van der Waals surface area contributed by atoms with Gasteiger partial charge >= 0.3 is 6.16 Å². The number of benzene rings is 2. The van der Waals surface area contributed by atoms with E-state index in [1.165, 1.54) is 36.9 Å². The highest BCUT2D eigenvalue weighted by molar-refractivity contribution is 5.67. The van der Waals surface area contributed by atoms with E-state index in [-0.39, 0.29) is 29.3 Å². The van der Waals surface area contributed by atoms with Crippen LogP contribution in [0.25, 0.3) is 11.3 Å². The van der Waals surface area contributed by atoms with Gasteiger partial charge in [0.25, 0.3) is 5.69 Å². The first-order valence-corrected chi connectivity index (χ1v) is 13.2. The molecule has 11 heteroatoms. The molecule has 10 nitrogen and oxygen atoms in total. The van der Waals surface area contributed by atoms with Crippen LogP contribution in [0.15, 0.2) is 54.7 Å². The topological polar surface area (TPSA) is 120 Å². The van der Waals surface area contributed by atoms with E-state index in [9.17, 15) is 19.3 Å². The van der Waals surface area contributed by atoms with Crippen LogP contribution in [0.3, 0.4) is 0 Å². The highest BCUT2D eigenvalue weighted by atomic mass is 19.1. The minimum atomic E-state index is -0.849. The van der Waals surface area contributed by atoms with Crippen molar-refractivity contribution in [2.24, 2.45) is 0 Å². The van der Waals surface area contributed by atoms with Gasteiger partial charge in [-0.15, -0.1) is 0 Å². The highest BCUT2D eigenvalue weighted by Gasteiger charge is 2.26. The summed E-state index contributed by atoms with van der Waals surface area (Å²) in [5.74, 6) is 0.0587. The summed E-state index contributed by atoms with van der Waals surface area (Å²) in [6, 6.07) is 13.1. The van der Waals surface area contributed by atoms with Gasteiger partial charge in [-0.1, -0.05) is 12.1 Å². The van der Waals surface area contributed by atoms with Gasteiger partial charge in [0.15, 0.2) is 5.82 Å². The zero-order valence-corrected chi connectivity index (χ0v) is 21.4. The molecule has 0 spiro atoms. The number of nitro groups is 1. The molecule has 1 aliphatic carbocycles. The highest BCUT2D eigenvalue weighted by Crippen LogP contribution is 2.29. The quantitative estimate of drug-likeness (QED) is 0.165. The van der Waals surface area contributed by atoms with Crippen LogP contribution in [-0.4, -0.2) is 46.3 Å². The number of nitrogens with one attached hydrogen (secondary N) is 1. The number of hydrogen-bond acceptors (Lipinski definition) is 9. The van der Waals surface area contributed by atoms with E-state index >= 15 is 0 Å². The number of carbonyl (C=O) groups is 1. The summed E-state index contributed by atoms with van der Waals surface area (Å²) < 4.78 is 25.3. The first-order chi connectivity index (χ1) is 18.9. The number of aromatic nitrogens is 2. The smallest absolute Gasteiger partial charge is 0.431 e. The number of nitrogens with zero attached hydrogens (tertiary/aromatic N) is 4. The van der Waals surface area contributed by atoms with E-state index in [1.54, 1.807) is 0 Å². The fourth-order valence-corrected chi connectivity index (χ4v) is 5.04. The van der Waals surface area contributed by atoms with Crippen molar-refractivity contribution < 1.29 is 23.6 Å². The van der Waals surface area contributed by atoms with Gasteiger partial charge in [-0.05, 0) is 69.2 Å². The fourth-order valence-electron chi connectivity index (χ4n) is 5.04. The van der Waals surface area contributed by atoms with Crippen molar-refractivity contribution >= 4 is 23.5 Å². The summed E-state index contributed by atoms with van der Waals surface area (Å²) in [7, 11) is 0. The lowest BCUT2D eigenvalue weighted by atomic mass is 9.93. The molecule has 2 aliphatic rings.